The molecule has 0 amide bonds. The van der Waals surface area contributed by atoms with Crippen molar-refractivity contribution >= 4 is 21.4 Å². The third kappa shape index (κ3) is 1.10. The standard InChI is InChI=1S/C10H7NO2S/c1-13-8-3-2-7(12)9-6(4-11)5-14-10(8)9/h2-3,5,12H,1H3. The topological polar surface area (TPSA) is 53.2 Å². The molecule has 0 atom stereocenters. The number of phenolic OH excluding ortho intramolecular Hbond substituents is 1. The minimum Gasteiger partial charge on any atom is -0.507 e. The Balaban J connectivity index is 2.89. The highest BCUT2D eigenvalue weighted by Gasteiger charge is 2.12. The van der Waals surface area contributed by atoms with E-state index in [2.05, 4.69) is 0 Å². The molecule has 1 heterocycles. The number of phenols is 1. The number of methoxy groups -OCH3 is 1. The van der Waals surface area contributed by atoms with Crippen LogP contribution in [0.2, 0.25) is 0 Å². The van der Waals surface area contributed by atoms with Gasteiger partial charge in [-0.3, -0.25) is 0 Å². The Kier molecular flexibility index (Phi) is 2.02. The number of nitriles is 1. The van der Waals surface area contributed by atoms with Crippen molar-refractivity contribution in [2.75, 3.05) is 7.11 Å². The van der Waals surface area contributed by atoms with Gasteiger partial charge in [0.05, 0.1) is 22.8 Å². The van der Waals surface area contributed by atoms with Gasteiger partial charge in [0.25, 0.3) is 0 Å². The minimum absolute atomic E-state index is 0.124. The lowest BCUT2D eigenvalue weighted by Crippen LogP contribution is -1.82. The van der Waals surface area contributed by atoms with Crippen LogP contribution < -0.4 is 4.74 Å². The fourth-order valence-electron chi connectivity index (χ4n) is 1.35. The minimum atomic E-state index is 0.124. The highest BCUT2D eigenvalue weighted by molar-refractivity contribution is 7.17. The Morgan fingerprint density at radius 1 is 1.50 bits per heavy atom. The number of rotatable bonds is 1. The number of nitrogens with zero attached hydrogens (tertiary/aromatic N) is 1. The normalized spacial score (nSPS) is 10.0. The number of hydrogen-bond acceptors (Lipinski definition) is 4. The summed E-state index contributed by atoms with van der Waals surface area (Å²) < 4.78 is 5.94. The monoisotopic (exact) mass is 205 g/mol. The van der Waals surface area contributed by atoms with E-state index in [1.165, 1.54) is 17.4 Å². The molecule has 0 bridgehead atoms. The number of thiophene rings is 1. The van der Waals surface area contributed by atoms with Crippen molar-refractivity contribution in [1.82, 2.24) is 0 Å². The summed E-state index contributed by atoms with van der Waals surface area (Å²) in [6.07, 6.45) is 0. The van der Waals surface area contributed by atoms with Gasteiger partial charge in [-0.05, 0) is 12.1 Å². The lowest BCUT2D eigenvalue weighted by atomic mass is 10.1. The van der Waals surface area contributed by atoms with E-state index in [1.54, 1.807) is 18.6 Å². The van der Waals surface area contributed by atoms with E-state index in [0.29, 0.717) is 16.7 Å². The maximum absolute atomic E-state index is 9.59. The van der Waals surface area contributed by atoms with E-state index < -0.39 is 0 Å². The number of ether oxygens (including phenoxy) is 1. The first-order chi connectivity index (χ1) is 6.77. The van der Waals surface area contributed by atoms with Crippen LogP contribution in [0.1, 0.15) is 5.56 Å². The molecule has 0 radical (unpaired) electrons. The average Bonchev–Trinajstić information content (AvgIpc) is 2.63. The fourth-order valence-corrected chi connectivity index (χ4v) is 2.36. The van der Waals surface area contributed by atoms with Crippen molar-refractivity contribution in [3.05, 3.63) is 23.1 Å². The molecular formula is C10H7NO2S. The molecule has 2 rings (SSSR count). The van der Waals surface area contributed by atoms with Crippen molar-refractivity contribution in [2.45, 2.75) is 0 Å². The van der Waals surface area contributed by atoms with E-state index >= 15 is 0 Å². The number of hydrogen-bond donors (Lipinski definition) is 1. The molecule has 4 heteroatoms. The molecule has 1 N–H and O–H groups in total. The molecule has 3 nitrogen and oxygen atoms in total. The Bertz CT molecular complexity index is 525. The van der Waals surface area contributed by atoms with Gasteiger partial charge in [-0.2, -0.15) is 5.26 Å². The van der Waals surface area contributed by atoms with Crippen LogP contribution >= 0.6 is 11.3 Å². The van der Waals surface area contributed by atoms with E-state index in [9.17, 15) is 5.11 Å². The van der Waals surface area contributed by atoms with Gasteiger partial charge in [0.1, 0.15) is 17.6 Å². The zero-order valence-electron chi connectivity index (χ0n) is 7.44. The van der Waals surface area contributed by atoms with E-state index in [4.69, 9.17) is 10.00 Å². The summed E-state index contributed by atoms with van der Waals surface area (Å²) in [5.41, 5.74) is 0.487. The molecule has 0 spiro atoms. The van der Waals surface area contributed by atoms with Crippen molar-refractivity contribution in [2.24, 2.45) is 0 Å². The van der Waals surface area contributed by atoms with Gasteiger partial charge in [0, 0.05) is 5.38 Å². The number of fused-ring (bicyclic) bond motifs is 1. The van der Waals surface area contributed by atoms with Crippen LogP contribution in [0.5, 0.6) is 11.5 Å². The van der Waals surface area contributed by atoms with Crippen LogP contribution in [-0.4, -0.2) is 12.2 Å². The Hall–Kier alpha value is -1.73. The van der Waals surface area contributed by atoms with E-state index in [0.717, 1.165) is 4.70 Å². The van der Waals surface area contributed by atoms with E-state index in [1.807, 2.05) is 6.07 Å². The first-order valence-electron chi connectivity index (χ1n) is 3.95. The van der Waals surface area contributed by atoms with Crippen molar-refractivity contribution in [3.8, 4) is 17.6 Å². The Morgan fingerprint density at radius 3 is 2.93 bits per heavy atom. The molecule has 2 aromatic rings. The van der Waals surface area contributed by atoms with Crippen LogP contribution in [0.3, 0.4) is 0 Å². The molecule has 1 aromatic carbocycles. The second-order valence-electron chi connectivity index (χ2n) is 2.75. The van der Waals surface area contributed by atoms with Crippen LogP contribution in [0.25, 0.3) is 10.1 Å². The fraction of sp³-hybridized carbons (Fsp3) is 0.100. The quantitative estimate of drug-likeness (QED) is 0.778. The number of benzene rings is 1. The maximum atomic E-state index is 9.59. The summed E-state index contributed by atoms with van der Waals surface area (Å²) in [4.78, 5) is 0. The smallest absolute Gasteiger partial charge is 0.136 e. The van der Waals surface area contributed by atoms with Crippen molar-refractivity contribution in [3.63, 3.8) is 0 Å². The molecule has 0 aliphatic carbocycles. The van der Waals surface area contributed by atoms with Crippen LogP contribution in [0.15, 0.2) is 17.5 Å². The summed E-state index contributed by atoms with van der Waals surface area (Å²) in [7, 11) is 1.57. The third-order valence-corrected chi connectivity index (χ3v) is 3.00. The summed E-state index contributed by atoms with van der Waals surface area (Å²) >= 11 is 1.40. The molecule has 0 unspecified atom stereocenters. The summed E-state index contributed by atoms with van der Waals surface area (Å²) in [6, 6.07) is 5.26. The van der Waals surface area contributed by atoms with E-state index in [-0.39, 0.29) is 5.75 Å². The van der Waals surface area contributed by atoms with Gasteiger partial charge in [-0.1, -0.05) is 0 Å². The molecular weight excluding hydrogens is 198 g/mol. The summed E-state index contributed by atoms with van der Waals surface area (Å²) in [5.74, 6) is 0.808. The molecule has 0 aliphatic heterocycles. The second-order valence-corrected chi connectivity index (χ2v) is 3.63. The molecule has 14 heavy (non-hydrogen) atoms. The average molecular weight is 205 g/mol. The lowest BCUT2D eigenvalue weighted by molar-refractivity contribution is 0.419. The molecule has 0 fully saturated rings. The van der Waals surface area contributed by atoms with Gasteiger partial charge >= 0.3 is 0 Å². The van der Waals surface area contributed by atoms with Crippen molar-refractivity contribution in [1.29, 1.82) is 5.26 Å². The predicted octanol–water partition coefficient (Wildman–Crippen LogP) is 2.49. The molecule has 0 saturated heterocycles. The largest absolute Gasteiger partial charge is 0.507 e. The lowest BCUT2D eigenvalue weighted by Gasteiger charge is -2.02. The Labute approximate surface area is 84.8 Å². The Morgan fingerprint density at radius 2 is 2.29 bits per heavy atom. The van der Waals surface area contributed by atoms with Crippen LogP contribution in [-0.2, 0) is 0 Å². The molecule has 1 aromatic heterocycles. The zero-order valence-corrected chi connectivity index (χ0v) is 8.26. The highest BCUT2D eigenvalue weighted by Crippen LogP contribution is 2.38. The van der Waals surface area contributed by atoms with Gasteiger partial charge in [0.15, 0.2) is 0 Å². The zero-order chi connectivity index (χ0) is 10.1. The van der Waals surface area contributed by atoms with Gasteiger partial charge in [-0.15, -0.1) is 11.3 Å². The number of aromatic hydroxyl groups is 1. The predicted molar refractivity (Wildman–Crippen MR) is 54.8 cm³/mol. The van der Waals surface area contributed by atoms with Gasteiger partial charge in [0.2, 0.25) is 0 Å². The summed E-state index contributed by atoms with van der Waals surface area (Å²) in [5, 5.41) is 20.7. The maximum Gasteiger partial charge on any atom is 0.136 e. The molecule has 0 aliphatic rings. The SMILES string of the molecule is COc1ccc(O)c2c(C#N)csc12. The first kappa shape index (κ1) is 8.85. The van der Waals surface area contributed by atoms with Gasteiger partial charge in [-0.25, -0.2) is 0 Å². The molecule has 0 saturated carbocycles. The first-order valence-corrected chi connectivity index (χ1v) is 4.83. The van der Waals surface area contributed by atoms with Crippen LogP contribution in [0, 0.1) is 11.3 Å². The van der Waals surface area contributed by atoms with Crippen LogP contribution in [0.4, 0.5) is 0 Å². The highest BCUT2D eigenvalue weighted by atomic mass is 32.1. The molecule has 70 valence electrons. The van der Waals surface area contributed by atoms with Gasteiger partial charge < -0.3 is 9.84 Å². The van der Waals surface area contributed by atoms with Crippen molar-refractivity contribution < 1.29 is 9.84 Å². The summed E-state index contributed by atoms with van der Waals surface area (Å²) in [6.45, 7) is 0. The third-order valence-electron chi connectivity index (χ3n) is 2.00. The second kappa shape index (κ2) is 3.20.